The third kappa shape index (κ3) is 4.23. The van der Waals surface area contributed by atoms with Gasteiger partial charge in [-0.05, 0) is 0 Å². The van der Waals surface area contributed by atoms with E-state index in [1.165, 1.54) is 25.7 Å². The summed E-state index contributed by atoms with van der Waals surface area (Å²) >= 11 is -0.605. The van der Waals surface area contributed by atoms with Gasteiger partial charge >= 0.3 is 105 Å². The van der Waals surface area contributed by atoms with Gasteiger partial charge in [0.25, 0.3) is 0 Å². The second-order valence-corrected chi connectivity index (χ2v) is 8.91. The summed E-state index contributed by atoms with van der Waals surface area (Å²) < 4.78 is 6.54. The molecule has 4 atom stereocenters. The van der Waals surface area contributed by atoms with Crippen LogP contribution in [0.25, 0.3) is 0 Å². The molecule has 1 aliphatic carbocycles. The molecule has 2 N–H and O–H groups in total. The number of rotatable bonds is 5. The molecular weight excluding hydrogens is 293 g/mol. The van der Waals surface area contributed by atoms with Crippen LogP contribution in [-0.4, -0.2) is 34.2 Å². The zero-order valence-corrected chi connectivity index (χ0v) is 13.2. The van der Waals surface area contributed by atoms with Crippen LogP contribution in [0.3, 0.4) is 0 Å². The summed E-state index contributed by atoms with van der Waals surface area (Å²) in [6.07, 6.45) is 5.53. The minimum absolute atomic E-state index is 0.374. The molecule has 88 valence electrons. The summed E-state index contributed by atoms with van der Waals surface area (Å²) in [5.41, 5.74) is 6.10. The van der Waals surface area contributed by atoms with Crippen LogP contribution < -0.4 is 5.73 Å². The fourth-order valence-corrected chi connectivity index (χ4v) is 5.67. The predicted octanol–water partition coefficient (Wildman–Crippen LogP) is 2.60. The summed E-state index contributed by atoms with van der Waals surface area (Å²) in [4.78, 5) is 0. The molecular formula is C12H25NOSn. The fraction of sp³-hybridized carbons (Fsp3) is 1.00. The van der Waals surface area contributed by atoms with Crippen molar-refractivity contribution in [3.63, 3.8) is 0 Å². The van der Waals surface area contributed by atoms with E-state index in [0.717, 1.165) is 22.4 Å². The zero-order chi connectivity index (χ0) is 11.3. The third-order valence-corrected chi connectivity index (χ3v) is 7.19. The van der Waals surface area contributed by atoms with Crippen LogP contribution in [0.2, 0.25) is 3.93 Å². The molecule has 1 rings (SSSR count). The van der Waals surface area contributed by atoms with Crippen LogP contribution in [0.4, 0.5) is 0 Å². The first-order valence-corrected chi connectivity index (χ1v) is 9.11. The standard InChI is InChI=1S/C10H20N.C2H5O.Sn/c1-3-9-6-4-5-7-10(9)8(2)11;1-2-3;/h3,8-10H,4-7,11H2,1-2H3;2H2,1H3;/q;-1;+1. The molecule has 3 heteroatoms. The molecule has 0 aromatic rings. The summed E-state index contributed by atoms with van der Waals surface area (Å²) in [6.45, 7) is 7.60. The normalized spacial score (nSPS) is 31.2. The van der Waals surface area contributed by atoms with Crippen molar-refractivity contribution in [2.45, 2.75) is 56.4 Å². The fourth-order valence-electron chi connectivity index (χ4n) is 2.76. The van der Waals surface area contributed by atoms with Gasteiger partial charge < -0.3 is 0 Å². The average molecular weight is 318 g/mol. The molecule has 0 aromatic carbocycles. The van der Waals surface area contributed by atoms with Gasteiger partial charge in [0.1, 0.15) is 0 Å². The molecule has 0 saturated heterocycles. The van der Waals surface area contributed by atoms with Crippen molar-refractivity contribution in [3.05, 3.63) is 0 Å². The molecule has 1 saturated carbocycles. The first-order valence-electron chi connectivity index (χ1n) is 6.29. The summed E-state index contributed by atoms with van der Waals surface area (Å²) in [7, 11) is 0. The molecule has 0 bridgehead atoms. The molecule has 15 heavy (non-hydrogen) atoms. The SMILES string of the molecule is CC[O][Sn][CH](C)C1CCCCC1C(C)N. The summed E-state index contributed by atoms with van der Waals surface area (Å²) in [5.74, 6) is 1.62. The molecule has 2 radical (unpaired) electrons. The van der Waals surface area contributed by atoms with E-state index in [2.05, 4.69) is 20.8 Å². The third-order valence-electron chi connectivity index (χ3n) is 3.61. The Balaban J connectivity index is 2.47. The first-order chi connectivity index (χ1) is 7.16. The van der Waals surface area contributed by atoms with Gasteiger partial charge in [-0.3, -0.25) is 0 Å². The number of nitrogens with two attached hydrogens (primary N) is 1. The van der Waals surface area contributed by atoms with Gasteiger partial charge in [-0.2, -0.15) is 0 Å². The Morgan fingerprint density at radius 2 is 1.87 bits per heavy atom. The predicted molar refractivity (Wildman–Crippen MR) is 65.9 cm³/mol. The van der Waals surface area contributed by atoms with Crippen LogP contribution in [0, 0.1) is 11.8 Å². The second kappa shape index (κ2) is 7.12. The first kappa shape index (κ1) is 13.8. The van der Waals surface area contributed by atoms with Crippen molar-refractivity contribution in [3.8, 4) is 0 Å². The Kier molecular flexibility index (Phi) is 6.55. The molecule has 0 heterocycles. The van der Waals surface area contributed by atoms with Crippen molar-refractivity contribution >= 4 is 21.6 Å². The van der Waals surface area contributed by atoms with Crippen molar-refractivity contribution in [1.29, 1.82) is 0 Å². The van der Waals surface area contributed by atoms with Gasteiger partial charge in [0.15, 0.2) is 0 Å². The Morgan fingerprint density at radius 3 is 2.40 bits per heavy atom. The molecule has 0 spiro atoms. The van der Waals surface area contributed by atoms with Gasteiger partial charge in [0.2, 0.25) is 0 Å². The topological polar surface area (TPSA) is 35.2 Å². The van der Waals surface area contributed by atoms with E-state index in [4.69, 9.17) is 8.81 Å². The van der Waals surface area contributed by atoms with Gasteiger partial charge in [-0.15, -0.1) is 0 Å². The maximum absolute atomic E-state index is 6.10. The molecule has 4 unspecified atom stereocenters. The van der Waals surface area contributed by atoms with Crippen LogP contribution in [0.1, 0.15) is 46.5 Å². The van der Waals surface area contributed by atoms with Crippen molar-refractivity contribution in [2.24, 2.45) is 17.6 Å². The molecule has 0 aliphatic heterocycles. The van der Waals surface area contributed by atoms with Crippen LogP contribution in [-0.2, 0) is 3.07 Å². The van der Waals surface area contributed by atoms with Gasteiger partial charge in [-0.25, -0.2) is 0 Å². The summed E-state index contributed by atoms with van der Waals surface area (Å²) in [6, 6.07) is 0.374. The van der Waals surface area contributed by atoms with Crippen LogP contribution >= 0.6 is 0 Å². The van der Waals surface area contributed by atoms with Crippen molar-refractivity contribution in [1.82, 2.24) is 0 Å². The van der Waals surface area contributed by atoms with Gasteiger partial charge in [0, 0.05) is 0 Å². The monoisotopic (exact) mass is 319 g/mol. The molecule has 0 amide bonds. The quantitative estimate of drug-likeness (QED) is 0.791. The van der Waals surface area contributed by atoms with Crippen LogP contribution in [0.15, 0.2) is 0 Å². The Bertz CT molecular complexity index is 175. The van der Waals surface area contributed by atoms with E-state index in [0.29, 0.717) is 6.04 Å². The molecule has 1 aliphatic rings. The molecule has 2 nitrogen and oxygen atoms in total. The Morgan fingerprint density at radius 1 is 1.27 bits per heavy atom. The number of hydrogen-bond acceptors (Lipinski definition) is 2. The van der Waals surface area contributed by atoms with Crippen molar-refractivity contribution < 1.29 is 3.07 Å². The van der Waals surface area contributed by atoms with E-state index in [9.17, 15) is 0 Å². The van der Waals surface area contributed by atoms with E-state index in [1.807, 2.05) is 0 Å². The minimum atomic E-state index is -0.605. The van der Waals surface area contributed by atoms with E-state index in [1.54, 1.807) is 0 Å². The van der Waals surface area contributed by atoms with E-state index >= 15 is 0 Å². The van der Waals surface area contributed by atoms with E-state index < -0.39 is 21.6 Å². The van der Waals surface area contributed by atoms with E-state index in [-0.39, 0.29) is 0 Å². The molecule has 1 fully saturated rings. The number of hydrogen-bond donors (Lipinski definition) is 1. The van der Waals surface area contributed by atoms with Gasteiger partial charge in [0.05, 0.1) is 0 Å². The Labute approximate surface area is 105 Å². The summed E-state index contributed by atoms with van der Waals surface area (Å²) in [5, 5.41) is 0. The van der Waals surface area contributed by atoms with Gasteiger partial charge in [-0.1, -0.05) is 0 Å². The second-order valence-electron chi connectivity index (χ2n) is 4.81. The average Bonchev–Trinajstić information content (AvgIpc) is 2.25. The van der Waals surface area contributed by atoms with Crippen LogP contribution in [0.5, 0.6) is 0 Å². The van der Waals surface area contributed by atoms with Crippen molar-refractivity contribution in [2.75, 3.05) is 6.61 Å². The molecule has 0 aromatic heterocycles. The zero-order valence-electron chi connectivity index (χ0n) is 10.3. The maximum atomic E-state index is 6.10. The Hall–Kier alpha value is 0.719.